The third kappa shape index (κ3) is 16.7. The molecule has 0 amide bonds. The van der Waals surface area contributed by atoms with E-state index in [-0.39, 0.29) is 0 Å². The van der Waals surface area contributed by atoms with Crippen molar-refractivity contribution in [2.75, 3.05) is 7.11 Å². The maximum Gasteiger partial charge on any atom is 0.118 e. The molecule has 3 aromatic carbocycles. The molecular weight excluding hydrogens is 328 g/mol. The van der Waals surface area contributed by atoms with E-state index in [1.54, 1.807) is 7.11 Å². The first-order chi connectivity index (χ1) is 13.3. The number of rotatable bonds is 2. The zero-order chi connectivity index (χ0) is 20.8. The summed E-state index contributed by atoms with van der Waals surface area (Å²) < 4.78 is 4.91. The highest BCUT2D eigenvalue weighted by Gasteiger charge is 1.80. The molecule has 0 heterocycles. The lowest BCUT2D eigenvalue weighted by Crippen LogP contribution is -1.78. The van der Waals surface area contributed by atoms with Gasteiger partial charge in [-0.05, 0) is 31.0 Å². The lowest BCUT2D eigenvalue weighted by Gasteiger charge is -1.93. The Morgan fingerprint density at radius 2 is 0.963 bits per heavy atom. The molecule has 3 rings (SSSR count). The molecule has 0 N–H and O–H groups in total. The fourth-order valence-corrected chi connectivity index (χ4v) is 1.80. The van der Waals surface area contributed by atoms with Crippen molar-refractivity contribution in [3.63, 3.8) is 0 Å². The van der Waals surface area contributed by atoms with Crippen LogP contribution in [0.2, 0.25) is 0 Å². The summed E-state index contributed by atoms with van der Waals surface area (Å²) in [4.78, 5) is 0. The van der Waals surface area contributed by atoms with Crippen LogP contribution in [0.5, 0.6) is 5.75 Å². The molecule has 0 bridgehead atoms. The Kier molecular flexibility index (Phi) is 21.3. The summed E-state index contributed by atoms with van der Waals surface area (Å²) >= 11 is 0. The first-order valence-electron chi connectivity index (χ1n) is 9.91. The van der Waals surface area contributed by atoms with Gasteiger partial charge in [0.15, 0.2) is 0 Å². The maximum absolute atomic E-state index is 4.91. The molecule has 0 fully saturated rings. The summed E-state index contributed by atoms with van der Waals surface area (Å²) in [5.74, 6) is 0.910. The van der Waals surface area contributed by atoms with Crippen LogP contribution in [0.3, 0.4) is 0 Å². The monoisotopic (exact) mass is 366 g/mol. The van der Waals surface area contributed by atoms with E-state index in [9.17, 15) is 0 Å². The molecule has 0 aromatic heterocycles. The molecule has 0 saturated heterocycles. The van der Waals surface area contributed by atoms with E-state index in [1.165, 1.54) is 11.1 Å². The van der Waals surface area contributed by atoms with Gasteiger partial charge in [0, 0.05) is 0 Å². The molecular formula is C26H38O. The lowest BCUT2D eigenvalue weighted by molar-refractivity contribution is 0.415. The van der Waals surface area contributed by atoms with Crippen LogP contribution >= 0.6 is 0 Å². The molecule has 1 heteroatoms. The highest BCUT2D eigenvalue weighted by molar-refractivity contribution is 5.20. The van der Waals surface area contributed by atoms with Crippen molar-refractivity contribution in [2.24, 2.45) is 0 Å². The second kappa shape index (κ2) is 21.5. The van der Waals surface area contributed by atoms with E-state index in [0.717, 1.165) is 12.2 Å². The Morgan fingerprint density at radius 1 is 0.593 bits per heavy atom. The molecule has 1 nitrogen and oxygen atoms in total. The predicted molar refractivity (Wildman–Crippen MR) is 123 cm³/mol. The number of aryl methyl sites for hydroxylation is 2. The fraction of sp³-hybridized carbons (Fsp3) is 0.308. The van der Waals surface area contributed by atoms with Crippen LogP contribution < -0.4 is 4.74 Å². The van der Waals surface area contributed by atoms with Crippen LogP contribution in [0, 0.1) is 6.92 Å². The maximum atomic E-state index is 4.91. The van der Waals surface area contributed by atoms with Crippen molar-refractivity contribution in [3.05, 3.63) is 102 Å². The fourth-order valence-electron chi connectivity index (χ4n) is 1.80. The Morgan fingerprint density at radius 3 is 1.19 bits per heavy atom. The molecule has 0 saturated carbocycles. The summed E-state index contributed by atoms with van der Waals surface area (Å²) in [5, 5.41) is 0. The number of ether oxygens (including phenoxy) is 1. The molecule has 0 unspecified atom stereocenters. The number of benzene rings is 3. The summed E-state index contributed by atoms with van der Waals surface area (Å²) in [7, 11) is 1.66. The molecule has 3 aromatic rings. The van der Waals surface area contributed by atoms with Gasteiger partial charge in [-0.15, -0.1) is 0 Å². The second-order valence-electron chi connectivity index (χ2n) is 5.01. The highest BCUT2D eigenvalue weighted by atomic mass is 16.5. The minimum Gasteiger partial charge on any atom is -0.497 e. The van der Waals surface area contributed by atoms with Gasteiger partial charge in [-0.25, -0.2) is 0 Å². The highest BCUT2D eigenvalue weighted by Crippen LogP contribution is 2.05. The van der Waals surface area contributed by atoms with E-state index in [1.807, 2.05) is 82.3 Å². The topological polar surface area (TPSA) is 9.23 Å². The van der Waals surface area contributed by atoms with Crippen molar-refractivity contribution in [2.45, 2.75) is 48.0 Å². The Balaban J connectivity index is 0. The van der Waals surface area contributed by atoms with Crippen molar-refractivity contribution >= 4 is 0 Å². The third-order valence-electron chi connectivity index (χ3n) is 3.17. The molecule has 0 radical (unpaired) electrons. The van der Waals surface area contributed by atoms with Crippen molar-refractivity contribution in [1.82, 2.24) is 0 Å². The molecule has 0 aliphatic carbocycles. The van der Waals surface area contributed by atoms with Crippen molar-refractivity contribution < 1.29 is 4.74 Å². The number of hydrogen-bond acceptors (Lipinski definition) is 1. The van der Waals surface area contributed by atoms with Crippen LogP contribution in [-0.4, -0.2) is 7.11 Å². The van der Waals surface area contributed by atoms with E-state index in [4.69, 9.17) is 4.74 Å². The van der Waals surface area contributed by atoms with Gasteiger partial charge in [0.05, 0.1) is 7.11 Å². The van der Waals surface area contributed by atoms with Crippen LogP contribution in [0.25, 0.3) is 0 Å². The predicted octanol–water partition coefficient (Wildman–Crippen LogP) is 7.99. The van der Waals surface area contributed by atoms with Gasteiger partial charge >= 0.3 is 0 Å². The lowest BCUT2D eigenvalue weighted by atomic mass is 10.2. The summed E-state index contributed by atoms with van der Waals surface area (Å²) in [6.45, 7) is 12.2. The second-order valence-corrected chi connectivity index (χ2v) is 5.01. The number of methoxy groups -OCH3 is 1. The summed E-state index contributed by atoms with van der Waals surface area (Å²) in [6.07, 6.45) is 1.14. The van der Waals surface area contributed by atoms with Gasteiger partial charge in [0.2, 0.25) is 0 Å². The average molecular weight is 367 g/mol. The third-order valence-corrected chi connectivity index (χ3v) is 3.17. The van der Waals surface area contributed by atoms with E-state index >= 15 is 0 Å². The minimum atomic E-state index is 0.910. The first-order valence-corrected chi connectivity index (χ1v) is 9.91. The SMILES string of the molecule is CC.CC.CCc1ccccc1.COc1ccccc1.Cc1ccccc1. The van der Waals surface area contributed by atoms with Crippen molar-refractivity contribution in [3.8, 4) is 5.75 Å². The van der Waals surface area contributed by atoms with Gasteiger partial charge in [-0.3, -0.25) is 0 Å². The average Bonchev–Trinajstić information content (AvgIpc) is 2.79. The van der Waals surface area contributed by atoms with Gasteiger partial charge in [-0.1, -0.05) is 119 Å². The first kappa shape index (κ1) is 26.7. The molecule has 0 aliphatic rings. The molecule has 0 atom stereocenters. The largest absolute Gasteiger partial charge is 0.497 e. The van der Waals surface area contributed by atoms with Crippen molar-refractivity contribution in [1.29, 1.82) is 0 Å². The number of hydrogen-bond donors (Lipinski definition) is 0. The normalized spacial score (nSPS) is 7.96. The van der Waals surface area contributed by atoms with Crippen LogP contribution in [0.1, 0.15) is 45.7 Å². The van der Waals surface area contributed by atoms with E-state index < -0.39 is 0 Å². The number of para-hydroxylation sites is 1. The molecule has 0 spiro atoms. The van der Waals surface area contributed by atoms with Crippen LogP contribution in [0.4, 0.5) is 0 Å². The van der Waals surface area contributed by atoms with Crippen LogP contribution in [0.15, 0.2) is 91.0 Å². The van der Waals surface area contributed by atoms with Gasteiger partial charge < -0.3 is 4.74 Å². The zero-order valence-corrected chi connectivity index (χ0v) is 18.3. The Labute approximate surface area is 168 Å². The van der Waals surface area contributed by atoms with Gasteiger partial charge in [-0.2, -0.15) is 0 Å². The smallest absolute Gasteiger partial charge is 0.118 e. The Hall–Kier alpha value is -2.54. The van der Waals surface area contributed by atoms with E-state index in [2.05, 4.69) is 50.2 Å². The minimum absolute atomic E-state index is 0.910. The summed E-state index contributed by atoms with van der Waals surface area (Å²) in [5.41, 5.74) is 2.73. The van der Waals surface area contributed by atoms with Crippen LogP contribution in [-0.2, 0) is 6.42 Å². The standard InChI is InChI=1S/C8H10.C7H8O.C7H8.2C2H6/c1-2-8-6-4-3-5-7-8;1-8-7-5-3-2-4-6-7;1-7-5-3-2-4-6-7;2*1-2/h3-7H,2H2,1H3;2-6H,1H3;2-6H,1H3;2*1-2H3. The Bertz CT molecular complexity index is 564. The quantitative estimate of drug-likeness (QED) is 0.446. The van der Waals surface area contributed by atoms with Gasteiger partial charge in [0.1, 0.15) is 5.75 Å². The molecule has 27 heavy (non-hydrogen) atoms. The molecule has 148 valence electrons. The van der Waals surface area contributed by atoms with Gasteiger partial charge in [0.25, 0.3) is 0 Å². The zero-order valence-electron chi connectivity index (χ0n) is 18.3. The molecule has 0 aliphatic heterocycles. The van der Waals surface area contributed by atoms with E-state index in [0.29, 0.717) is 0 Å². The summed E-state index contributed by atoms with van der Waals surface area (Å²) in [6, 6.07) is 30.4.